The second-order valence-corrected chi connectivity index (χ2v) is 9.43. The Bertz CT molecular complexity index is 495. The van der Waals surface area contributed by atoms with Gasteiger partial charge in [0.05, 0.1) is 19.6 Å². The van der Waals surface area contributed by atoms with Crippen molar-refractivity contribution in [1.82, 2.24) is 0 Å². The first-order valence-electron chi connectivity index (χ1n) is 8.01. The van der Waals surface area contributed by atoms with Crippen molar-refractivity contribution in [3.05, 3.63) is 24.8 Å². The molecule has 8 heteroatoms. The zero-order chi connectivity index (χ0) is 19.3. The van der Waals surface area contributed by atoms with Crippen molar-refractivity contribution in [2.75, 3.05) is 46.1 Å². The van der Waals surface area contributed by atoms with Crippen LogP contribution in [0.15, 0.2) is 24.8 Å². The number of carbonyl (C=O) groups is 2. The third-order valence-electron chi connectivity index (χ3n) is 2.77. The fourth-order valence-electron chi connectivity index (χ4n) is 1.47. The van der Waals surface area contributed by atoms with E-state index < -0.39 is 25.2 Å². The fraction of sp³-hybridized carbons (Fsp3) is 0.647. The maximum atomic E-state index is 11.8. The van der Waals surface area contributed by atoms with E-state index in [4.69, 9.17) is 18.9 Å². The minimum atomic E-state index is -2.34. The van der Waals surface area contributed by atoms with Crippen molar-refractivity contribution in [2.45, 2.75) is 25.9 Å². The molecule has 0 rings (SSSR count). The average Bonchev–Trinajstić information content (AvgIpc) is 2.53. The molecule has 0 saturated heterocycles. The molecule has 0 aromatic rings. The van der Waals surface area contributed by atoms with E-state index >= 15 is 0 Å². The van der Waals surface area contributed by atoms with Gasteiger partial charge in [0, 0.05) is 18.3 Å². The van der Waals surface area contributed by atoms with Crippen LogP contribution in [0.3, 0.4) is 0 Å². The molecule has 0 spiro atoms. The van der Waals surface area contributed by atoms with E-state index in [1.165, 1.54) is 0 Å². The molecule has 0 aliphatic rings. The van der Waals surface area contributed by atoms with Gasteiger partial charge >= 0.3 is 11.9 Å². The largest absolute Gasteiger partial charge is 0.463 e. The molecule has 1 atom stereocenters. The highest BCUT2D eigenvalue weighted by molar-refractivity contribution is 7.62. The van der Waals surface area contributed by atoms with E-state index in [0.29, 0.717) is 31.6 Å². The average molecular weight is 376 g/mol. The zero-order valence-corrected chi connectivity index (χ0v) is 16.2. The molecule has 0 fully saturated rings. The molecule has 0 N–H and O–H groups in total. The maximum Gasteiger partial charge on any atom is 0.333 e. The number of unbranched alkanes of at least 4 members (excludes halogenated alkanes) is 1. The summed E-state index contributed by atoms with van der Waals surface area (Å²) in [6.45, 7) is 12.6. The van der Waals surface area contributed by atoms with Crippen LogP contribution in [0.4, 0.5) is 0 Å². The molecule has 7 nitrogen and oxygen atoms in total. The lowest BCUT2D eigenvalue weighted by Gasteiger charge is -2.19. The highest BCUT2D eigenvalue weighted by Gasteiger charge is 2.17. The third kappa shape index (κ3) is 14.6. The normalized spacial score (nSPS) is 12.3. The quantitative estimate of drug-likeness (QED) is 0.199. The molecule has 0 heterocycles. The van der Waals surface area contributed by atoms with Crippen LogP contribution in [-0.2, 0) is 33.1 Å². The summed E-state index contributed by atoms with van der Waals surface area (Å²) < 4.78 is 32.7. The molecule has 144 valence electrons. The first kappa shape index (κ1) is 23.6. The van der Waals surface area contributed by atoms with Gasteiger partial charge in [-0.15, -0.1) is 0 Å². The van der Waals surface area contributed by atoms with Crippen LogP contribution in [0.25, 0.3) is 0 Å². The van der Waals surface area contributed by atoms with E-state index in [1.807, 2.05) is 0 Å². The number of hydrogen-bond donors (Lipinski definition) is 0. The molecular formula is C17H29O7P. The Hall–Kier alpha value is -1.43. The summed E-state index contributed by atoms with van der Waals surface area (Å²) in [5, 5.41) is 0. The summed E-state index contributed by atoms with van der Waals surface area (Å²) in [7, 11) is -2.34. The monoisotopic (exact) mass is 376 g/mol. The standard InChI is InChI=1S/C17H29O7P/c1-6-16(18)22-10-8-7-9-21-11-15(24-13-25(4,5)20)12-23-17(19)14(2)3/h6,15H,1-2,7-13H2,3-5H3. The Morgan fingerprint density at radius 2 is 1.76 bits per heavy atom. The molecule has 0 aliphatic heterocycles. The summed E-state index contributed by atoms with van der Waals surface area (Å²) in [6, 6.07) is 0. The third-order valence-corrected chi connectivity index (χ3v) is 3.54. The van der Waals surface area contributed by atoms with E-state index in [9.17, 15) is 14.2 Å². The van der Waals surface area contributed by atoms with Gasteiger partial charge < -0.3 is 23.5 Å². The summed E-state index contributed by atoms with van der Waals surface area (Å²) in [5.41, 5.74) is 0.297. The van der Waals surface area contributed by atoms with Gasteiger partial charge in [0.25, 0.3) is 0 Å². The van der Waals surface area contributed by atoms with Gasteiger partial charge in [-0.25, -0.2) is 9.59 Å². The Balaban J connectivity index is 4.09. The van der Waals surface area contributed by atoms with E-state index in [1.54, 1.807) is 20.3 Å². The van der Waals surface area contributed by atoms with E-state index in [-0.39, 0.29) is 19.6 Å². The van der Waals surface area contributed by atoms with Crippen molar-refractivity contribution in [3.8, 4) is 0 Å². The lowest BCUT2D eigenvalue weighted by molar-refractivity contribution is -0.144. The maximum absolute atomic E-state index is 11.8. The fourth-order valence-corrected chi connectivity index (χ4v) is 2.04. The van der Waals surface area contributed by atoms with Crippen LogP contribution in [0.5, 0.6) is 0 Å². The van der Waals surface area contributed by atoms with Crippen LogP contribution in [0.1, 0.15) is 19.8 Å². The zero-order valence-electron chi connectivity index (χ0n) is 15.3. The molecular weight excluding hydrogens is 347 g/mol. The molecule has 0 aliphatic carbocycles. The number of rotatable bonds is 14. The smallest absolute Gasteiger partial charge is 0.333 e. The summed E-state index contributed by atoms with van der Waals surface area (Å²) >= 11 is 0. The minimum Gasteiger partial charge on any atom is -0.463 e. The molecule has 0 saturated carbocycles. The van der Waals surface area contributed by atoms with Crippen LogP contribution in [-0.4, -0.2) is 64.1 Å². The Morgan fingerprint density at radius 1 is 1.12 bits per heavy atom. The van der Waals surface area contributed by atoms with Gasteiger partial charge in [0.15, 0.2) is 0 Å². The second kappa shape index (κ2) is 12.9. The molecule has 0 bridgehead atoms. The highest BCUT2D eigenvalue weighted by Crippen LogP contribution is 2.35. The molecule has 25 heavy (non-hydrogen) atoms. The Labute approximate surface area is 149 Å². The highest BCUT2D eigenvalue weighted by atomic mass is 31.2. The van der Waals surface area contributed by atoms with Crippen molar-refractivity contribution in [3.63, 3.8) is 0 Å². The van der Waals surface area contributed by atoms with Gasteiger partial charge in [-0.2, -0.15) is 0 Å². The molecule has 0 aromatic heterocycles. The minimum absolute atomic E-state index is 0.00262. The van der Waals surface area contributed by atoms with Crippen molar-refractivity contribution in [2.24, 2.45) is 0 Å². The number of hydrogen-bond acceptors (Lipinski definition) is 7. The van der Waals surface area contributed by atoms with Gasteiger partial charge in [0.1, 0.15) is 19.9 Å². The number of carbonyl (C=O) groups excluding carboxylic acids is 2. The Morgan fingerprint density at radius 3 is 2.32 bits per heavy atom. The van der Waals surface area contributed by atoms with Crippen LogP contribution in [0, 0.1) is 0 Å². The molecule has 0 amide bonds. The number of esters is 2. The van der Waals surface area contributed by atoms with Crippen molar-refractivity contribution in [1.29, 1.82) is 0 Å². The molecule has 1 unspecified atom stereocenters. The van der Waals surface area contributed by atoms with Gasteiger partial charge in [-0.3, -0.25) is 0 Å². The predicted octanol–water partition coefficient (Wildman–Crippen LogP) is 2.60. The Kier molecular flexibility index (Phi) is 12.1. The van der Waals surface area contributed by atoms with Crippen LogP contribution < -0.4 is 0 Å². The predicted molar refractivity (Wildman–Crippen MR) is 96.2 cm³/mol. The van der Waals surface area contributed by atoms with Gasteiger partial charge in [0.2, 0.25) is 0 Å². The van der Waals surface area contributed by atoms with Crippen LogP contribution >= 0.6 is 7.14 Å². The van der Waals surface area contributed by atoms with Crippen molar-refractivity contribution < 1.29 is 33.1 Å². The van der Waals surface area contributed by atoms with Gasteiger partial charge in [-0.05, 0) is 33.1 Å². The second-order valence-electron chi connectivity index (χ2n) is 6.02. The first-order valence-corrected chi connectivity index (χ1v) is 10.8. The van der Waals surface area contributed by atoms with E-state index in [0.717, 1.165) is 6.08 Å². The SMILES string of the molecule is C=CC(=O)OCCCCOCC(COC(=O)C(=C)C)OCP(C)(C)=O. The van der Waals surface area contributed by atoms with Crippen LogP contribution in [0.2, 0.25) is 0 Å². The topological polar surface area (TPSA) is 88.1 Å². The molecule has 0 radical (unpaired) electrons. The first-order chi connectivity index (χ1) is 11.7. The summed E-state index contributed by atoms with van der Waals surface area (Å²) in [4.78, 5) is 22.3. The molecule has 0 aromatic carbocycles. The summed E-state index contributed by atoms with van der Waals surface area (Å²) in [6.07, 6.45) is 2.06. The summed E-state index contributed by atoms with van der Waals surface area (Å²) in [5.74, 6) is -0.953. The van der Waals surface area contributed by atoms with Gasteiger partial charge in [-0.1, -0.05) is 13.2 Å². The lowest BCUT2D eigenvalue weighted by Crippen LogP contribution is -2.28. The van der Waals surface area contributed by atoms with E-state index in [2.05, 4.69) is 13.2 Å². The van der Waals surface area contributed by atoms with Crippen molar-refractivity contribution >= 4 is 19.1 Å². The number of ether oxygens (including phenoxy) is 4. The lowest BCUT2D eigenvalue weighted by atomic mass is 10.3.